The highest BCUT2D eigenvalue weighted by Crippen LogP contribution is 2.18. The number of aryl methyl sites for hydroxylation is 1. The lowest BCUT2D eigenvalue weighted by Gasteiger charge is -2.16. The quantitative estimate of drug-likeness (QED) is 0.765. The van der Waals surface area contributed by atoms with E-state index in [1.54, 1.807) is 12.1 Å². The zero-order chi connectivity index (χ0) is 13.8. The first kappa shape index (κ1) is 14.3. The van der Waals surface area contributed by atoms with Gasteiger partial charge in [-0.3, -0.25) is 0 Å². The van der Waals surface area contributed by atoms with Crippen molar-refractivity contribution in [1.29, 1.82) is 0 Å². The van der Waals surface area contributed by atoms with Crippen LogP contribution in [0.3, 0.4) is 0 Å². The van der Waals surface area contributed by atoms with Crippen LogP contribution in [0, 0.1) is 16.3 Å². The molecule has 0 saturated carbocycles. The maximum Gasteiger partial charge on any atom is 0.123 e. The van der Waals surface area contributed by atoms with Crippen LogP contribution in [-0.2, 0) is 6.42 Å². The molecule has 19 heavy (non-hydrogen) atoms. The van der Waals surface area contributed by atoms with Gasteiger partial charge in [-0.25, -0.2) is 4.39 Å². The molecular weight excluding hydrogens is 352 g/mol. The largest absolute Gasteiger partial charge is 0.382 e. The van der Waals surface area contributed by atoms with Gasteiger partial charge >= 0.3 is 0 Å². The van der Waals surface area contributed by atoms with Gasteiger partial charge in [0, 0.05) is 15.3 Å². The molecule has 3 heteroatoms. The molecule has 0 aliphatic rings. The molecule has 1 atom stereocenters. The summed E-state index contributed by atoms with van der Waals surface area (Å²) in [6.45, 7) is 4.21. The number of rotatable bonds is 4. The Morgan fingerprint density at radius 2 is 2.00 bits per heavy atom. The summed E-state index contributed by atoms with van der Waals surface area (Å²) in [4.78, 5) is 0. The molecule has 100 valence electrons. The second kappa shape index (κ2) is 6.37. The van der Waals surface area contributed by atoms with Crippen molar-refractivity contribution in [3.63, 3.8) is 0 Å². The topological polar surface area (TPSA) is 12.0 Å². The molecule has 1 N–H and O–H groups in total. The summed E-state index contributed by atoms with van der Waals surface area (Å²) < 4.78 is 14.4. The molecule has 0 heterocycles. The van der Waals surface area contributed by atoms with Crippen molar-refractivity contribution in [3.05, 3.63) is 63.0 Å². The maximum absolute atomic E-state index is 13.1. The number of hydrogen-bond donors (Lipinski definition) is 1. The van der Waals surface area contributed by atoms with E-state index >= 15 is 0 Å². The van der Waals surface area contributed by atoms with Gasteiger partial charge in [0.25, 0.3) is 0 Å². The van der Waals surface area contributed by atoms with Crippen LogP contribution in [0.4, 0.5) is 10.1 Å². The van der Waals surface area contributed by atoms with Crippen LogP contribution in [0.5, 0.6) is 0 Å². The second-order valence-corrected chi connectivity index (χ2v) is 6.01. The Morgan fingerprint density at radius 1 is 1.21 bits per heavy atom. The third-order valence-electron chi connectivity index (χ3n) is 3.02. The zero-order valence-corrected chi connectivity index (χ0v) is 13.2. The van der Waals surface area contributed by atoms with Crippen LogP contribution in [0.2, 0.25) is 0 Å². The fraction of sp³-hybridized carbons (Fsp3) is 0.250. The highest BCUT2D eigenvalue weighted by Gasteiger charge is 2.05. The van der Waals surface area contributed by atoms with Gasteiger partial charge < -0.3 is 5.32 Å². The van der Waals surface area contributed by atoms with Crippen LogP contribution in [0.1, 0.15) is 18.1 Å². The third kappa shape index (κ3) is 4.20. The number of hydrogen-bond acceptors (Lipinski definition) is 1. The van der Waals surface area contributed by atoms with Gasteiger partial charge in [-0.2, -0.15) is 0 Å². The molecule has 0 aliphatic carbocycles. The molecule has 0 aliphatic heterocycles. The van der Waals surface area contributed by atoms with E-state index in [1.807, 2.05) is 6.07 Å². The first-order valence-electron chi connectivity index (χ1n) is 6.32. The van der Waals surface area contributed by atoms with Crippen LogP contribution >= 0.6 is 22.6 Å². The Hall–Kier alpha value is -1.10. The molecule has 0 bridgehead atoms. The number of nitrogens with one attached hydrogen (secondary N) is 1. The zero-order valence-electron chi connectivity index (χ0n) is 11.1. The molecule has 0 saturated heterocycles. The predicted molar refractivity (Wildman–Crippen MR) is 87.1 cm³/mol. The van der Waals surface area contributed by atoms with Crippen molar-refractivity contribution < 1.29 is 4.39 Å². The summed E-state index contributed by atoms with van der Waals surface area (Å²) in [7, 11) is 0. The first-order chi connectivity index (χ1) is 9.04. The lowest BCUT2D eigenvalue weighted by Crippen LogP contribution is -2.18. The minimum atomic E-state index is -0.172. The highest BCUT2D eigenvalue weighted by atomic mass is 127. The third-order valence-corrected chi connectivity index (χ3v) is 4.18. The van der Waals surface area contributed by atoms with Crippen molar-refractivity contribution in [1.82, 2.24) is 0 Å². The molecule has 2 rings (SSSR count). The summed E-state index contributed by atoms with van der Waals surface area (Å²) in [6.07, 6.45) is 0.808. The van der Waals surface area contributed by atoms with Gasteiger partial charge in [0.05, 0.1) is 0 Å². The predicted octanol–water partition coefficient (Wildman–Crippen LogP) is 4.78. The average molecular weight is 369 g/mol. The number of benzene rings is 2. The van der Waals surface area contributed by atoms with Crippen LogP contribution in [0.25, 0.3) is 0 Å². The van der Waals surface area contributed by atoms with E-state index in [2.05, 4.69) is 60.0 Å². The molecule has 0 radical (unpaired) electrons. The maximum atomic E-state index is 13.1. The monoisotopic (exact) mass is 369 g/mol. The minimum absolute atomic E-state index is 0.172. The minimum Gasteiger partial charge on any atom is -0.382 e. The fourth-order valence-corrected chi connectivity index (χ4v) is 2.55. The van der Waals surface area contributed by atoms with E-state index in [9.17, 15) is 4.39 Å². The molecule has 1 unspecified atom stereocenters. The van der Waals surface area contributed by atoms with E-state index in [1.165, 1.54) is 15.2 Å². The summed E-state index contributed by atoms with van der Waals surface area (Å²) in [5, 5.41) is 3.45. The van der Waals surface area contributed by atoms with Gasteiger partial charge in [-0.15, -0.1) is 0 Å². The van der Waals surface area contributed by atoms with Gasteiger partial charge in [0.2, 0.25) is 0 Å². The fourth-order valence-electron chi connectivity index (χ4n) is 2.04. The Kier molecular flexibility index (Phi) is 4.80. The average Bonchev–Trinajstić information content (AvgIpc) is 2.34. The lowest BCUT2D eigenvalue weighted by atomic mass is 10.1. The lowest BCUT2D eigenvalue weighted by molar-refractivity contribution is 0.624. The van der Waals surface area contributed by atoms with Crippen molar-refractivity contribution in [3.8, 4) is 0 Å². The number of anilines is 1. The molecular formula is C16H17FIN. The van der Waals surface area contributed by atoms with Crippen LogP contribution in [-0.4, -0.2) is 6.04 Å². The Morgan fingerprint density at radius 3 is 2.68 bits per heavy atom. The van der Waals surface area contributed by atoms with E-state index < -0.39 is 0 Å². The molecule has 0 aromatic heterocycles. The SMILES string of the molecule is Cc1ccc(NC(C)Cc2cccc(F)c2)cc1I. The van der Waals surface area contributed by atoms with Crippen LogP contribution in [0.15, 0.2) is 42.5 Å². The first-order valence-corrected chi connectivity index (χ1v) is 7.39. The normalized spacial score (nSPS) is 12.2. The smallest absolute Gasteiger partial charge is 0.123 e. The van der Waals surface area contributed by atoms with Gasteiger partial charge in [0.15, 0.2) is 0 Å². The summed E-state index contributed by atoms with van der Waals surface area (Å²) in [6, 6.07) is 13.4. The molecule has 0 amide bonds. The molecule has 0 spiro atoms. The standard InChI is InChI=1S/C16H17FIN/c1-11-6-7-15(10-16(11)18)19-12(2)8-13-4-3-5-14(17)9-13/h3-7,9-10,12,19H,8H2,1-2H3. The summed E-state index contributed by atoms with van der Waals surface area (Å²) in [5.41, 5.74) is 3.41. The van der Waals surface area contributed by atoms with E-state index in [-0.39, 0.29) is 11.9 Å². The van der Waals surface area contributed by atoms with Gasteiger partial charge in [-0.05, 0) is 78.3 Å². The van der Waals surface area contributed by atoms with Gasteiger partial charge in [-0.1, -0.05) is 18.2 Å². The van der Waals surface area contributed by atoms with E-state index in [0.29, 0.717) is 0 Å². The molecule has 2 aromatic carbocycles. The van der Waals surface area contributed by atoms with Crippen molar-refractivity contribution in [2.75, 3.05) is 5.32 Å². The van der Waals surface area contributed by atoms with Crippen molar-refractivity contribution in [2.45, 2.75) is 26.3 Å². The second-order valence-electron chi connectivity index (χ2n) is 4.84. The van der Waals surface area contributed by atoms with E-state index in [0.717, 1.165) is 17.7 Å². The van der Waals surface area contributed by atoms with E-state index in [4.69, 9.17) is 0 Å². The summed E-state index contributed by atoms with van der Waals surface area (Å²) >= 11 is 2.34. The molecule has 2 aromatic rings. The van der Waals surface area contributed by atoms with Gasteiger partial charge in [0.1, 0.15) is 5.82 Å². The Bertz CT molecular complexity index is 568. The molecule has 1 nitrogen and oxygen atoms in total. The van der Waals surface area contributed by atoms with Crippen molar-refractivity contribution >= 4 is 28.3 Å². The molecule has 0 fully saturated rings. The summed E-state index contributed by atoms with van der Waals surface area (Å²) in [5.74, 6) is -0.172. The Labute approximate surface area is 127 Å². The van der Waals surface area contributed by atoms with Crippen LogP contribution < -0.4 is 5.32 Å². The highest BCUT2D eigenvalue weighted by molar-refractivity contribution is 14.1. The Balaban J connectivity index is 2.01. The number of halogens is 2. The van der Waals surface area contributed by atoms with Crippen molar-refractivity contribution in [2.24, 2.45) is 0 Å².